The van der Waals surface area contributed by atoms with Gasteiger partial charge in [-0.25, -0.2) is 4.98 Å². The van der Waals surface area contributed by atoms with Gasteiger partial charge in [0.1, 0.15) is 11.3 Å². The summed E-state index contributed by atoms with van der Waals surface area (Å²) in [5.41, 5.74) is 4.94. The van der Waals surface area contributed by atoms with Gasteiger partial charge in [-0.3, -0.25) is 4.79 Å². The number of hydrogen-bond acceptors (Lipinski definition) is 4. The first-order chi connectivity index (χ1) is 16.9. The standard InChI is InChI=1S/C28H22Cl2N2O3/c1-3-16(2)18-6-11-25-23(14-18)32-28(35-25)17-4-8-20(9-5-17)31-27(33)26-13-12-24(34-26)21-10-7-19(29)15-22(21)30/h4-16H,3H2,1-2H3,(H,31,33). The van der Waals surface area contributed by atoms with Crippen molar-refractivity contribution in [3.8, 4) is 22.8 Å². The number of carbonyl (C=O) groups is 1. The number of aromatic nitrogens is 1. The third kappa shape index (κ3) is 4.83. The summed E-state index contributed by atoms with van der Waals surface area (Å²) >= 11 is 12.2. The van der Waals surface area contributed by atoms with Gasteiger partial charge in [-0.1, -0.05) is 43.1 Å². The molecule has 0 aliphatic rings. The van der Waals surface area contributed by atoms with Crippen LogP contribution >= 0.6 is 23.2 Å². The Balaban J connectivity index is 1.30. The van der Waals surface area contributed by atoms with Gasteiger partial charge in [0.2, 0.25) is 5.89 Å². The number of anilines is 1. The second-order valence-corrected chi connectivity index (χ2v) is 9.22. The lowest BCUT2D eigenvalue weighted by Gasteiger charge is -2.07. The van der Waals surface area contributed by atoms with Crippen molar-refractivity contribution in [2.24, 2.45) is 0 Å². The summed E-state index contributed by atoms with van der Waals surface area (Å²) in [6.07, 6.45) is 1.07. The van der Waals surface area contributed by atoms with E-state index in [-0.39, 0.29) is 11.7 Å². The van der Waals surface area contributed by atoms with Crippen LogP contribution in [0.15, 0.2) is 81.6 Å². The molecule has 0 saturated carbocycles. The fourth-order valence-electron chi connectivity index (χ4n) is 3.79. The summed E-state index contributed by atoms with van der Waals surface area (Å²) in [7, 11) is 0. The van der Waals surface area contributed by atoms with Crippen LogP contribution in [0.25, 0.3) is 33.9 Å². The summed E-state index contributed by atoms with van der Waals surface area (Å²) in [5.74, 6) is 1.30. The molecule has 176 valence electrons. The molecule has 2 aromatic heterocycles. The second-order valence-electron chi connectivity index (χ2n) is 8.38. The SMILES string of the molecule is CCC(C)c1ccc2oc(-c3ccc(NC(=O)c4ccc(-c5ccc(Cl)cc5Cl)o4)cc3)nc2c1. The minimum atomic E-state index is -0.367. The van der Waals surface area contributed by atoms with Gasteiger partial charge in [-0.05, 0) is 84.6 Å². The molecule has 0 bridgehead atoms. The number of carbonyl (C=O) groups excluding carboxylic acids is 1. The Morgan fingerprint density at radius 3 is 2.51 bits per heavy atom. The second kappa shape index (κ2) is 9.61. The highest BCUT2D eigenvalue weighted by Gasteiger charge is 2.15. The summed E-state index contributed by atoms with van der Waals surface area (Å²) in [6, 6.07) is 21.9. The number of hydrogen-bond donors (Lipinski definition) is 1. The molecule has 5 rings (SSSR count). The quantitative estimate of drug-likeness (QED) is 0.250. The van der Waals surface area contributed by atoms with Gasteiger partial charge < -0.3 is 14.2 Å². The van der Waals surface area contributed by atoms with Crippen molar-refractivity contribution in [1.29, 1.82) is 0 Å². The van der Waals surface area contributed by atoms with Crippen LogP contribution in [0.1, 0.15) is 42.3 Å². The Kier molecular flexibility index (Phi) is 6.37. The number of benzene rings is 3. The number of amides is 1. The molecule has 3 aromatic carbocycles. The van der Waals surface area contributed by atoms with E-state index in [0.29, 0.717) is 38.9 Å². The molecule has 0 aliphatic heterocycles. The zero-order valence-electron chi connectivity index (χ0n) is 19.1. The Hall–Kier alpha value is -3.54. The van der Waals surface area contributed by atoms with Crippen molar-refractivity contribution < 1.29 is 13.6 Å². The van der Waals surface area contributed by atoms with Crippen molar-refractivity contribution in [3.05, 3.63) is 94.2 Å². The molecule has 1 atom stereocenters. The van der Waals surface area contributed by atoms with Crippen LogP contribution in [0.4, 0.5) is 5.69 Å². The van der Waals surface area contributed by atoms with E-state index < -0.39 is 0 Å². The molecule has 0 saturated heterocycles. The van der Waals surface area contributed by atoms with Crippen LogP contribution in [-0.2, 0) is 0 Å². The largest absolute Gasteiger partial charge is 0.451 e. The van der Waals surface area contributed by atoms with Crippen LogP contribution in [0, 0.1) is 0 Å². The zero-order valence-corrected chi connectivity index (χ0v) is 20.7. The first-order valence-corrected chi connectivity index (χ1v) is 12.0. The maximum atomic E-state index is 12.7. The predicted molar refractivity (Wildman–Crippen MR) is 140 cm³/mol. The van der Waals surface area contributed by atoms with E-state index in [1.165, 1.54) is 5.56 Å². The van der Waals surface area contributed by atoms with Crippen LogP contribution in [0.3, 0.4) is 0 Å². The van der Waals surface area contributed by atoms with E-state index in [0.717, 1.165) is 23.1 Å². The van der Waals surface area contributed by atoms with Crippen LogP contribution in [0.5, 0.6) is 0 Å². The van der Waals surface area contributed by atoms with Gasteiger partial charge in [0, 0.05) is 21.8 Å². The van der Waals surface area contributed by atoms with Crippen LogP contribution < -0.4 is 5.32 Å². The van der Waals surface area contributed by atoms with Gasteiger partial charge in [-0.2, -0.15) is 0 Å². The highest BCUT2D eigenvalue weighted by atomic mass is 35.5. The van der Waals surface area contributed by atoms with Crippen molar-refractivity contribution in [1.82, 2.24) is 4.98 Å². The van der Waals surface area contributed by atoms with E-state index in [9.17, 15) is 4.79 Å². The van der Waals surface area contributed by atoms with Crippen molar-refractivity contribution in [2.45, 2.75) is 26.2 Å². The molecule has 1 unspecified atom stereocenters. The molecule has 35 heavy (non-hydrogen) atoms. The lowest BCUT2D eigenvalue weighted by Crippen LogP contribution is -2.10. The normalized spacial score (nSPS) is 12.1. The molecule has 5 nitrogen and oxygen atoms in total. The monoisotopic (exact) mass is 504 g/mol. The molecule has 0 radical (unpaired) electrons. The molecule has 7 heteroatoms. The topological polar surface area (TPSA) is 68.3 Å². The van der Waals surface area contributed by atoms with E-state index >= 15 is 0 Å². The minimum Gasteiger partial charge on any atom is -0.451 e. The third-order valence-electron chi connectivity index (χ3n) is 6.01. The van der Waals surface area contributed by atoms with Gasteiger partial charge in [0.05, 0.1) is 5.02 Å². The number of nitrogens with zero attached hydrogens (tertiary/aromatic N) is 1. The van der Waals surface area contributed by atoms with Crippen LogP contribution in [0.2, 0.25) is 10.0 Å². The minimum absolute atomic E-state index is 0.172. The van der Waals surface area contributed by atoms with Crippen molar-refractivity contribution in [3.63, 3.8) is 0 Å². The van der Waals surface area contributed by atoms with Gasteiger partial charge in [-0.15, -0.1) is 0 Å². The van der Waals surface area contributed by atoms with E-state index in [1.807, 2.05) is 18.2 Å². The molecular formula is C28H22Cl2N2O3. The zero-order chi connectivity index (χ0) is 24.5. The third-order valence-corrected chi connectivity index (χ3v) is 6.56. The van der Waals surface area contributed by atoms with Crippen molar-refractivity contribution >= 4 is 45.9 Å². The smallest absolute Gasteiger partial charge is 0.291 e. The Bertz CT molecular complexity index is 1520. The average molecular weight is 505 g/mol. The Morgan fingerprint density at radius 1 is 0.971 bits per heavy atom. The lowest BCUT2D eigenvalue weighted by atomic mass is 9.98. The van der Waals surface area contributed by atoms with Gasteiger partial charge in [0.15, 0.2) is 11.3 Å². The molecule has 0 fully saturated rings. The summed E-state index contributed by atoms with van der Waals surface area (Å²) < 4.78 is 11.7. The van der Waals surface area contributed by atoms with Gasteiger partial charge in [0.25, 0.3) is 5.91 Å². The number of furan rings is 1. The number of fused-ring (bicyclic) bond motifs is 1. The highest BCUT2D eigenvalue weighted by molar-refractivity contribution is 6.36. The molecule has 0 spiro atoms. The molecule has 1 amide bonds. The maximum absolute atomic E-state index is 12.7. The number of halogens is 2. The predicted octanol–water partition coefficient (Wildman–Crippen LogP) is 8.83. The molecular weight excluding hydrogens is 483 g/mol. The molecule has 1 N–H and O–H groups in total. The van der Waals surface area contributed by atoms with E-state index in [2.05, 4.69) is 36.3 Å². The first-order valence-electron chi connectivity index (χ1n) is 11.3. The van der Waals surface area contributed by atoms with Crippen molar-refractivity contribution in [2.75, 3.05) is 5.32 Å². The molecule has 5 aromatic rings. The Labute approximate surface area is 212 Å². The first kappa shape index (κ1) is 23.2. The molecule has 0 aliphatic carbocycles. The van der Waals surface area contributed by atoms with Crippen LogP contribution in [-0.4, -0.2) is 10.9 Å². The summed E-state index contributed by atoms with van der Waals surface area (Å²) in [6.45, 7) is 4.37. The fourth-order valence-corrected chi connectivity index (χ4v) is 4.29. The number of nitrogens with one attached hydrogen (secondary N) is 1. The number of oxazole rings is 1. The summed E-state index contributed by atoms with van der Waals surface area (Å²) in [4.78, 5) is 17.3. The van der Waals surface area contributed by atoms with E-state index in [1.54, 1.807) is 42.5 Å². The van der Waals surface area contributed by atoms with E-state index in [4.69, 9.17) is 32.0 Å². The summed E-state index contributed by atoms with van der Waals surface area (Å²) in [5, 5.41) is 3.82. The van der Waals surface area contributed by atoms with Gasteiger partial charge >= 0.3 is 0 Å². The average Bonchev–Trinajstić information content (AvgIpc) is 3.51. The maximum Gasteiger partial charge on any atom is 0.291 e. The highest BCUT2D eigenvalue weighted by Crippen LogP contribution is 2.32. The lowest BCUT2D eigenvalue weighted by molar-refractivity contribution is 0.0997. The fraction of sp³-hybridized carbons (Fsp3) is 0.143. The Morgan fingerprint density at radius 2 is 1.77 bits per heavy atom. The molecule has 2 heterocycles. The number of rotatable bonds is 6.